The first-order chi connectivity index (χ1) is 28.0. The molecule has 0 saturated carbocycles. The maximum atomic E-state index is 14.3. The molecule has 1 aromatic carbocycles. The smallest absolute Gasteiger partial charge is 0.379 e. The molecule has 0 aromatic heterocycles. The number of benzene rings is 1. The lowest BCUT2D eigenvalue weighted by Gasteiger charge is -2.41. The van der Waals surface area contributed by atoms with Crippen molar-refractivity contribution in [1.29, 1.82) is 0 Å². The summed E-state index contributed by atoms with van der Waals surface area (Å²) in [6.45, 7) is 14.5. The van der Waals surface area contributed by atoms with Crippen LogP contribution in [0.3, 0.4) is 0 Å². The van der Waals surface area contributed by atoms with Crippen molar-refractivity contribution in [2.75, 3.05) is 39.7 Å². The summed E-state index contributed by atoms with van der Waals surface area (Å²) in [7, 11) is 0.00631. The Morgan fingerprint density at radius 2 is 1.55 bits per heavy atom. The third kappa shape index (κ3) is 12.6. The topological polar surface area (TPSA) is 184 Å². The Labute approximate surface area is 352 Å². The van der Waals surface area contributed by atoms with Crippen molar-refractivity contribution in [3.05, 3.63) is 24.3 Å². The molecule has 3 N–H and O–H groups in total. The van der Waals surface area contributed by atoms with Crippen LogP contribution in [0, 0.1) is 17.8 Å². The minimum atomic E-state index is -5.14. The van der Waals surface area contributed by atoms with Gasteiger partial charge in [-0.2, -0.15) is 13.2 Å². The van der Waals surface area contributed by atoms with E-state index in [0.717, 1.165) is 43.7 Å². The molecule has 15 nitrogen and oxygen atoms in total. The molecule has 19 heteroatoms. The van der Waals surface area contributed by atoms with E-state index in [1.807, 2.05) is 32.4 Å². The number of rotatable bonds is 19. The number of alkyl halides is 3. The summed E-state index contributed by atoms with van der Waals surface area (Å²) in [6, 6.07) is 1.65. The number of methoxy groups -OCH3 is 2. The molecule has 0 spiro atoms. The van der Waals surface area contributed by atoms with E-state index in [4.69, 9.17) is 9.47 Å². The monoisotopic (exact) mass is 874 g/mol. The zero-order valence-electron chi connectivity index (χ0n) is 36.5. The van der Waals surface area contributed by atoms with Gasteiger partial charge in [0, 0.05) is 39.5 Å². The normalized spacial score (nSPS) is 20.8. The van der Waals surface area contributed by atoms with E-state index in [1.165, 1.54) is 21.1 Å². The summed E-state index contributed by atoms with van der Waals surface area (Å²) in [6.07, 6.45) is -2.60. The second-order valence-corrected chi connectivity index (χ2v) is 18.3. The standard InChI is InChI=1S/C41H65F3N6O9S/c1-11-26(6)35(48(8)39(54)34(24(2)3)46-38(53)31-15-12-13-21-49(31)25(4)5)32(58-9)23-33(51)50-22-14-16-30(50)36(59-10)27(7)37(52)47-60(56,57)29-19-17-28(18-20-29)45-40(55)41(42,43)44/h17-20,24-27,30-32,34-36H,11-16,21-23H2,1-10H3,(H,45,55)(H,46,53)(H,47,52)/t26-,27+,30?,31+,32+,34-,35-,36+/m0/s1. The van der Waals surface area contributed by atoms with Crippen molar-refractivity contribution >= 4 is 45.2 Å². The largest absolute Gasteiger partial charge is 0.471 e. The molecule has 2 fully saturated rings. The van der Waals surface area contributed by atoms with Crippen LogP contribution >= 0.6 is 0 Å². The number of hydrogen-bond donors (Lipinski definition) is 3. The Hall–Kier alpha value is -3.81. The Balaban J connectivity index is 1.76. The lowest BCUT2D eigenvalue weighted by atomic mass is 9.89. The predicted molar refractivity (Wildman–Crippen MR) is 219 cm³/mol. The number of carbonyl (C=O) groups excluding carboxylic acids is 5. The Morgan fingerprint density at radius 1 is 0.917 bits per heavy atom. The number of sulfonamides is 1. The van der Waals surface area contributed by atoms with E-state index in [-0.39, 0.29) is 53.7 Å². The van der Waals surface area contributed by atoms with Gasteiger partial charge in [0.05, 0.1) is 47.6 Å². The van der Waals surface area contributed by atoms with Gasteiger partial charge in [0.2, 0.25) is 23.6 Å². The molecule has 2 saturated heterocycles. The molecule has 2 aliphatic heterocycles. The molecule has 8 atom stereocenters. The van der Waals surface area contributed by atoms with Crippen LogP contribution in [0.1, 0.15) is 93.4 Å². The number of nitrogens with zero attached hydrogens (tertiary/aromatic N) is 3. The number of hydrogen-bond acceptors (Lipinski definition) is 10. The Morgan fingerprint density at radius 3 is 2.08 bits per heavy atom. The average Bonchev–Trinajstić information content (AvgIpc) is 3.68. The van der Waals surface area contributed by atoms with Gasteiger partial charge in [-0.15, -0.1) is 0 Å². The number of nitrogens with one attached hydrogen (secondary N) is 3. The lowest BCUT2D eigenvalue weighted by molar-refractivity contribution is -0.167. The molecule has 2 heterocycles. The van der Waals surface area contributed by atoms with E-state index in [2.05, 4.69) is 24.1 Å². The molecule has 1 aromatic rings. The molecule has 0 bridgehead atoms. The molecule has 60 heavy (non-hydrogen) atoms. The van der Waals surface area contributed by atoms with Crippen molar-refractivity contribution in [2.45, 2.75) is 147 Å². The van der Waals surface area contributed by atoms with Crippen LogP contribution in [0.2, 0.25) is 0 Å². The van der Waals surface area contributed by atoms with Crippen LogP contribution in [0.4, 0.5) is 18.9 Å². The molecule has 5 amide bonds. The highest BCUT2D eigenvalue weighted by Crippen LogP contribution is 2.30. The van der Waals surface area contributed by atoms with Crippen LogP contribution in [-0.4, -0.2) is 136 Å². The molecule has 0 aliphatic carbocycles. The third-order valence-corrected chi connectivity index (χ3v) is 13.3. The van der Waals surface area contributed by atoms with Gasteiger partial charge in [0.1, 0.15) is 6.04 Å². The maximum absolute atomic E-state index is 14.3. The average molecular weight is 875 g/mol. The highest BCUT2D eigenvalue weighted by atomic mass is 32.2. The summed E-state index contributed by atoms with van der Waals surface area (Å²) in [5, 5.41) is 4.69. The van der Waals surface area contributed by atoms with Gasteiger partial charge in [-0.1, -0.05) is 47.5 Å². The molecule has 1 unspecified atom stereocenters. The summed E-state index contributed by atoms with van der Waals surface area (Å²) in [5.74, 6) is -5.37. The van der Waals surface area contributed by atoms with E-state index in [1.54, 1.807) is 22.2 Å². The quantitative estimate of drug-likeness (QED) is 0.181. The van der Waals surface area contributed by atoms with Gasteiger partial charge in [-0.05, 0) is 82.2 Å². The second kappa shape index (κ2) is 21.8. The molecular weight excluding hydrogens is 810 g/mol. The van der Waals surface area contributed by atoms with Crippen molar-refractivity contribution in [3.63, 3.8) is 0 Å². The summed E-state index contributed by atoms with van der Waals surface area (Å²) >= 11 is 0. The second-order valence-electron chi connectivity index (χ2n) is 16.6. The van der Waals surface area contributed by atoms with Crippen molar-refractivity contribution in [3.8, 4) is 0 Å². The van der Waals surface area contributed by atoms with Gasteiger partial charge < -0.3 is 29.9 Å². The number of halogens is 3. The fraction of sp³-hybridized carbons (Fsp3) is 0.732. The van der Waals surface area contributed by atoms with Crippen LogP contribution < -0.4 is 15.4 Å². The van der Waals surface area contributed by atoms with Crippen LogP contribution in [-0.2, 0) is 43.5 Å². The number of ether oxygens (including phenoxy) is 2. The number of piperidine rings is 1. The minimum absolute atomic E-state index is 0.114. The number of likely N-dealkylation sites (N-methyl/N-ethyl adjacent to an activating group) is 1. The first-order valence-electron chi connectivity index (χ1n) is 20.7. The van der Waals surface area contributed by atoms with E-state index in [0.29, 0.717) is 32.2 Å². The Kier molecular flexibility index (Phi) is 18.4. The first-order valence-corrected chi connectivity index (χ1v) is 22.2. The lowest BCUT2D eigenvalue weighted by Crippen LogP contribution is -2.60. The zero-order chi connectivity index (χ0) is 45.3. The van der Waals surface area contributed by atoms with Gasteiger partial charge in [0.15, 0.2) is 0 Å². The molecule has 2 aliphatic rings. The number of likely N-dealkylation sites (tertiary alicyclic amines) is 2. The summed E-state index contributed by atoms with van der Waals surface area (Å²) < 4.78 is 77.8. The molecule has 3 rings (SSSR count). The molecular formula is C41H65F3N6O9S. The molecule has 0 radical (unpaired) electrons. The number of anilines is 1. The van der Waals surface area contributed by atoms with Crippen molar-refractivity contribution < 1.29 is 55.0 Å². The van der Waals surface area contributed by atoms with Crippen LogP contribution in [0.5, 0.6) is 0 Å². The van der Waals surface area contributed by atoms with Crippen LogP contribution in [0.15, 0.2) is 29.2 Å². The number of carbonyl (C=O) groups is 5. The SMILES string of the molecule is CC[C@H](C)[C@@H]([C@@H](CC(=O)N1CCCC1[C@H](OC)[C@@H](C)C(=O)NS(=O)(=O)c1ccc(NC(=O)C(F)(F)F)cc1)OC)N(C)C(=O)[C@@H](NC(=O)[C@H]1CCCCN1C(C)C)C(C)C. The van der Waals surface area contributed by atoms with Crippen LogP contribution in [0.25, 0.3) is 0 Å². The van der Waals surface area contributed by atoms with E-state index >= 15 is 0 Å². The van der Waals surface area contributed by atoms with Gasteiger partial charge >= 0.3 is 12.1 Å². The third-order valence-electron chi connectivity index (χ3n) is 11.9. The highest BCUT2D eigenvalue weighted by molar-refractivity contribution is 7.90. The van der Waals surface area contributed by atoms with E-state index < -0.39 is 69.2 Å². The molecule has 340 valence electrons. The van der Waals surface area contributed by atoms with Gasteiger partial charge in [-0.25, -0.2) is 13.1 Å². The van der Waals surface area contributed by atoms with Crippen molar-refractivity contribution in [2.24, 2.45) is 17.8 Å². The minimum Gasteiger partial charge on any atom is -0.379 e. The fourth-order valence-electron chi connectivity index (χ4n) is 8.35. The maximum Gasteiger partial charge on any atom is 0.471 e. The Bertz CT molecular complexity index is 1750. The summed E-state index contributed by atoms with van der Waals surface area (Å²) in [5.41, 5.74) is -0.303. The fourth-order valence-corrected chi connectivity index (χ4v) is 9.41. The predicted octanol–water partition coefficient (Wildman–Crippen LogP) is 4.32. The first kappa shape index (κ1) is 50.5. The summed E-state index contributed by atoms with van der Waals surface area (Å²) in [4.78, 5) is 71.8. The van der Waals surface area contributed by atoms with Crippen molar-refractivity contribution in [1.82, 2.24) is 24.7 Å². The van der Waals surface area contributed by atoms with Gasteiger partial charge in [0.25, 0.3) is 10.0 Å². The van der Waals surface area contributed by atoms with E-state index in [9.17, 15) is 45.6 Å². The zero-order valence-corrected chi connectivity index (χ0v) is 37.3. The number of amides is 5. The van der Waals surface area contributed by atoms with Gasteiger partial charge in [-0.3, -0.25) is 28.9 Å². The highest BCUT2D eigenvalue weighted by Gasteiger charge is 2.44.